The third-order valence-electron chi connectivity index (χ3n) is 6.82. The van der Waals surface area contributed by atoms with Crippen molar-refractivity contribution >= 4 is 23.2 Å². The number of halogens is 6. The number of amides is 2. The molecule has 4 rings (SSSR count). The Balaban J connectivity index is 1.66. The first-order valence-corrected chi connectivity index (χ1v) is 11.4. The molecule has 1 unspecified atom stereocenters. The molecule has 0 aromatic carbocycles. The number of nitrogens with zero attached hydrogens (tertiary/aromatic N) is 4. The fourth-order valence-electron chi connectivity index (χ4n) is 4.81. The number of aromatic nitrogens is 3. The highest BCUT2D eigenvalue weighted by Crippen LogP contribution is 2.49. The largest absolute Gasteiger partial charge is 0.408 e. The van der Waals surface area contributed by atoms with Crippen LogP contribution in [0.25, 0.3) is 5.70 Å². The molecule has 204 valence electrons. The summed E-state index contributed by atoms with van der Waals surface area (Å²) in [6.45, 7) is 4.17. The summed E-state index contributed by atoms with van der Waals surface area (Å²) in [4.78, 5) is 31.2. The molecule has 2 N–H and O–H groups in total. The standard InChI is InChI=1S/C24H24F6N6O2/c1-13-5-17(14-6-15(8-31-7-14)19(37)32-11-23(25,26)27)34-22(4)18(13)20(38)36(21(22,2)3)16-9-33-35(10-16)12-24(28,29)30/h5-10,34H,11-12H2,1-4H3,(H,32,37). The Bertz CT molecular complexity index is 1360. The third-order valence-corrected chi connectivity index (χ3v) is 6.82. The number of allylic oxidation sites excluding steroid dienone is 2. The second-order valence-electron chi connectivity index (χ2n) is 9.84. The number of nitrogens with one attached hydrogen (secondary N) is 2. The summed E-state index contributed by atoms with van der Waals surface area (Å²) < 4.78 is 76.7. The van der Waals surface area contributed by atoms with Gasteiger partial charge >= 0.3 is 12.4 Å². The average Bonchev–Trinajstić information content (AvgIpc) is 3.27. The van der Waals surface area contributed by atoms with Gasteiger partial charge in [-0.3, -0.25) is 24.2 Å². The molecule has 0 bridgehead atoms. The minimum absolute atomic E-state index is 0.0903. The van der Waals surface area contributed by atoms with Crippen LogP contribution in [0.1, 0.15) is 43.6 Å². The Kier molecular flexibility index (Phi) is 6.35. The van der Waals surface area contributed by atoms with E-state index >= 15 is 0 Å². The Morgan fingerprint density at radius 2 is 1.76 bits per heavy atom. The summed E-state index contributed by atoms with van der Waals surface area (Å²) in [6, 6.07) is 1.38. The lowest BCUT2D eigenvalue weighted by Crippen LogP contribution is -2.60. The van der Waals surface area contributed by atoms with E-state index in [1.165, 1.54) is 23.4 Å². The number of alkyl halides is 6. The quantitative estimate of drug-likeness (QED) is 0.558. The summed E-state index contributed by atoms with van der Waals surface area (Å²) in [5.74, 6) is -1.37. The van der Waals surface area contributed by atoms with Gasteiger partial charge in [0, 0.05) is 35.4 Å². The number of dihydropyridines is 1. The normalized spacial score (nSPS) is 21.3. The number of hydrogen-bond acceptors (Lipinski definition) is 5. The SMILES string of the molecule is CC1=C2C(=O)N(c3cnn(CC(F)(F)F)c3)C(C)(C)C2(C)NC(c2cncc(C(=O)NCC(F)(F)F)c2)=C1. The van der Waals surface area contributed by atoms with Crippen molar-refractivity contribution in [1.29, 1.82) is 0 Å². The molecule has 2 aromatic heterocycles. The van der Waals surface area contributed by atoms with E-state index in [0.717, 1.165) is 12.4 Å². The smallest absolute Gasteiger partial charge is 0.373 e. The molecule has 0 radical (unpaired) electrons. The lowest BCUT2D eigenvalue weighted by molar-refractivity contribution is -0.142. The second-order valence-corrected chi connectivity index (χ2v) is 9.84. The predicted octanol–water partition coefficient (Wildman–Crippen LogP) is 3.98. The molecular formula is C24H24F6N6O2. The summed E-state index contributed by atoms with van der Waals surface area (Å²) >= 11 is 0. The molecule has 2 aliphatic rings. The molecule has 38 heavy (non-hydrogen) atoms. The molecule has 0 aliphatic carbocycles. The van der Waals surface area contributed by atoms with Crippen LogP contribution in [0.15, 0.2) is 48.1 Å². The fraction of sp³-hybridized carbons (Fsp3) is 0.417. The summed E-state index contributed by atoms with van der Waals surface area (Å²) in [5, 5.41) is 8.87. The van der Waals surface area contributed by atoms with Crippen LogP contribution in [-0.4, -0.2) is 56.6 Å². The van der Waals surface area contributed by atoms with Gasteiger partial charge in [0.1, 0.15) is 13.1 Å². The highest BCUT2D eigenvalue weighted by molar-refractivity contribution is 6.14. The number of carbonyl (C=O) groups is 2. The number of rotatable bonds is 5. The van der Waals surface area contributed by atoms with Gasteiger partial charge in [-0.2, -0.15) is 31.4 Å². The topological polar surface area (TPSA) is 92.2 Å². The van der Waals surface area contributed by atoms with Gasteiger partial charge in [0.05, 0.1) is 28.5 Å². The van der Waals surface area contributed by atoms with Gasteiger partial charge in [0.2, 0.25) is 0 Å². The van der Waals surface area contributed by atoms with Gasteiger partial charge in [0.15, 0.2) is 0 Å². The van der Waals surface area contributed by atoms with Gasteiger partial charge in [0.25, 0.3) is 11.8 Å². The van der Waals surface area contributed by atoms with Crippen molar-refractivity contribution in [2.75, 3.05) is 11.4 Å². The van der Waals surface area contributed by atoms with Crippen LogP contribution >= 0.6 is 0 Å². The fourth-order valence-corrected chi connectivity index (χ4v) is 4.81. The lowest BCUT2D eigenvalue weighted by Gasteiger charge is -2.45. The average molecular weight is 542 g/mol. The van der Waals surface area contributed by atoms with Crippen molar-refractivity contribution in [3.63, 3.8) is 0 Å². The second kappa shape index (κ2) is 8.88. The van der Waals surface area contributed by atoms with Crippen LogP contribution in [0.3, 0.4) is 0 Å². The molecule has 0 spiro atoms. The zero-order chi connectivity index (χ0) is 28.3. The minimum Gasteiger partial charge on any atom is -0.373 e. The lowest BCUT2D eigenvalue weighted by atomic mass is 9.75. The summed E-state index contributed by atoms with van der Waals surface area (Å²) in [5.41, 5.74) is -0.161. The molecule has 4 heterocycles. The molecule has 1 fully saturated rings. The van der Waals surface area contributed by atoms with Crippen molar-refractivity contribution in [2.45, 2.75) is 57.7 Å². The molecule has 1 atom stereocenters. The van der Waals surface area contributed by atoms with Crippen molar-refractivity contribution in [2.24, 2.45) is 0 Å². The van der Waals surface area contributed by atoms with E-state index in [4.69, 9.17) is 0 Å². The third kappa shape index (κ3) is 4.86. The molecule has 2 aromatic rings. The van der Waals surface area contributed by atoms with Crippen LogP contribution in [0.4, 0.5) is 32.0 Å². The first-order chi connectivity index (χ1) is 17.4. The summed E-state index contributed by atoms with van der Waals surface area (Å²) in [6.07, 6.45) is -2.50. The predicted molar refractivity (Wildman–Crippen MR) is 125 cm³/mol. The Morgan fingerprint density at radius 3 is 2.39 bits per heavy atom. The van der Waals surface area contributed by atoms with Crippen LogP contribution in [0, 0.1) is 0 Å². The first-order valence-electron chi connectivity index (χ1n) is 11.4. The van der Waals surface area contributed by atoms with Crippen molar-refractivity contribution in [3.8, 4) is 0 Å². The van der Waals surface area contributed by atoms with E-state index in [0.29, 0.717) is 27.1 Å². The van der Waals surface area contributed by atoms with Gasteiger partial charge < -0.3 is 10.6 Å². The van der Waals surface area contributed by atoms with Gasteiger partial charge in [-0.05, 0) is 45.4 Å². The first kappa shape index (κ1) is 27.2. The van der Waals surface area contributed by atoms with Crippen LogP contribution in [0.2, 0.25) is 0 Å². The minimum atomic E-state index is -4.57. The van der Waals surface area contributed by atoms with E-state index in [9.17, 15) is 35.9 Å². The van der Waals surface area contributed by atoms with Crippen LogP contribution in [-0.2, 0) is 11.3 Å². The Morgan fingerprint density at radius 1 is 1.08 bits per heavy atom. The van der Waals surface area contributed by atoms with Crippen molar-refractivity contribution in [1.82, 2.24) is 25.4 Å². The van der Waals surface area contributed by atoms with Gasteiger partial charge in [-0.15, -0.1) is 0 Å². The van der Waals surface area contributed by atoms with Crippen molar-refractivity contribution < 1.29 is 35.9 Å². The van der Waals surface area contributed by atoms with Gasteiger partial charge in [-0.25, -0.2) is 0 Å². The van der Waals surface area contributed by atoms with Crippen LogP contribution in [0.5, 0.6) is 0 Å². The monoisotopic (exact) mass is 542 g/mol. The maximum absolute atomic E-state index is 13.6. The van der Waals surface area contributed by atoms with E-state index in [1.54, 1.807) is 39.1 Å². The maximum atomic E-state index is 13.6. The zero-order valence-electron chi connectivity index (χ0n) is 20.8. The molecule has 8 nitrogen and oxygen atoms in total. The van der Waals surface area contributed by atoms with E-state index in [1.807, 2.05) is 0 Å². The zero-order valence-corrected chi connectivity index (χ0v) is 20.8. The number of fused-ring (bicyclic) bond motifs is 1. The highest BCUT2D eigenvalue weighted by Gasteiger charge is 2.61. The molecular weight excluding hydrogens is 518 g/mol. The van der Waals surface area contributed by atoms with Crippen molar-refractivity contribution in [3.05, 3.63) is 59.2 Å². The van der Waals surface area contributed by atoms with E-state index < -0.39 is 48.3 Å². The van der Waals surface area contributed by atoms with E-state index in [-0.39, 0.29) is 11.3 Å². The number of anilines is 1. The number of carbonyl (C=O) groups excluding carboxylic acids is 2. The van der Waals surface area contributed by atoms with Crippen LogP contribution < -0.4 is 15.5 Å². The molecule has 1 saturated heterocycles. The molecule has 2 amide bonds. The Hall–Kier alpha value is -3.84. The molecule has 0 saturated carbocycles. The maximum Gasteiger partial charge on any atom is 0.408 e. The molecule has 2 aliphatic heterocycles. The molecule has 14 heteroatoms. The summed E-state index contributed by atoms with van der Waals surface area (Å²) in [7, 11) is 0. The van der Waals surface area contributed by atoms with Gasteiger partial charge in [-0.1, -0.05) is 0 Å². The number of pyridine rings is 1. The Labute approximate surface area is 213 Å². The number of hydrogen-bond donors (Lipinski definition) is 2. The highest BCUT2D eigenvalue weighted by atomic mass is 19.4. The van der Waals surface area contributed by atoms with E-state index in [2.05, 4.69) is 15.4 Å².